The number of ether oxygens (including phenoxy) is 1. The number of non-ortho nitro benzene ring substituents is 1. The van der Waals surface area contributed by atoms with Crippen molar-refractivity contribution in [3.05, 3.63) is 76.5 Å². The predicted octanol–water partition coefficient (Wildman–Crippen LogP) is 2.75. The number of rotatable bonds is 5. The second kappa shape index (κ2) is 6.04. The molecule has 110 valence electrons. The Morgan fingerprint density at radius 1 is 1.09 bits per heavy atom. The van der Waals surface area contributed by atoms with Gasteiger partial charge >= 0.3 is 0 Å². The van der Waals surface area contributed by atoms with E-state index in [2.05, 4.69) is 10.3 Å². The molecule has 0 aliphatic rings. The number of benzene rings is 2. The maximum atomic E-state index is 10.6. The van der Waals surface area contributed by atoms with Crippen LogP contribution in [0, 0.1) is 10.1 Å². The second-order valence-electron chi connectivity index (χ2n) is 4.55. The lowest BCUT2D eigenvalue weighted by Gasteiger charge is -2.02. The van der Waals surface area contributed by atoms with Crippen molar-refractivity contribution < 1.29 is 9.66 Å². The van der Waals surface area contributed by atoms with Crippen LogP contribution < -0.4 is 4.74 Å². The Morgan fingerprint density at radius 2 is 1.82 bits per heavy atom. The Balaban J connectivity index is 1.65. The number of nitro benzene ring substituents is 1. The molecule has 0 aliphatic carbocycles. The van der Waals surface area contributed by atoms with Gasteiger partial charge in [0.15, 0.2) is 0 Å². The van der Waals surface area contributed by atoms with Crippen LogP contribution in [0.1, 0.15) is 5.56 Å². The van der Waals surface area contributed by atoms with Crippen LogP contribution in [0.3, 0.4) is 0 Å². The zero-order valence-electron chi connectivity index (χ0n) is 11.5. The summed E-state index contributed by atoms with van der Waals surface area (Å²) in [5, 5.41) is 18.5. The lowest BCUT2D eigenvalue weighted by molar-refractivity contribution is -0.384. The van der Waals surface area contributed by atoms with Crippen LogP contribution in [0.2, 0.25) is 0 Å². The van der Waals surface area contributed by atoms with E-state index in [1.165, 1.54) is 12.1 Å². The first-order valence-corrected chi connectivity index (χ1v) is 6.56. The number of nitrogens with zero attached hydrogens (tertiary/aromatic N) is 4. The predicted molar refractivity (Wildman–Crippen MR) is 78.8 cm³/mol. The Kier molecular flexibility index (Phi) is 3.78. The second-order valence-corrected chi connectivity index (χ2v) is 4.55. The summed E-state index contributed by atoms with van der Waals surface area (Å²) in [6.45, 7) is 0.269. The molecule has 0 N–H and O–H groups in total. The zero-order chi connectivity index (χ0) is 15.4. The maximum absolute atomic E-state index is 10.6. The van der Waals surface area contributed by atoms with Crippen LogP contribution in [0.15, 0.2) is 60.8 Å². The van der Waals surface area contributed by atoms with Gasteiger partial charge in [-0.25, -0.2) is 4.68 Å². The van der Waals surface area contributed by atoms with Gasteiger partial charge in [0.05, 0.1) is 16.8 Å². The van der Waals surface area contributed by atoms with Crippen molar-refractivity contribution in [3.8, 4) is 11.6 Å². The van der Waals surface area contributed by atoms with E-state index in [-0.39, 0.29) is 12.3 Å². The van der Waals surface area contributed by atoms with Gasteiger partial charge in [-0.1, -0.05) is 28.5 Å². The van der Waals surface area contributed by atoms with Crippen molar-refractivity contribution in [1.82, 2.24) is 15.0 Å². The molecule has 0 spiro atoms. The summed E-state index contributed by atoms with van der Waals surface area (Å²) in [7, 11) is 0. The van der Waals surface area contributed by atoms with E-state index in [0.717, 1.165) is 11.3 Å². The summed E-state index contributed by atoms with van der Waals surface area (Å²) in [4.78, 5) is 10.1. The fourth-order valence-corrected chi connectivity index (χ4v) is 1.89. The Morgan fingerprint density at radius 3 is 2.50 bits per heavy atom. The summed E-state index contributed by atoms with van der Waals surface area (Å²) < 4.78 is 7.15. The molecule has 2 aromatic carbocycles. The molecule has 1 heterocycles. The maximum Gasteiger partial charge on any atom is 0.269 e. The normalized spacial score (nSPS) is 10.4. The van der Waals surface area contributed by atoms with Crippen molar-refractivity contribution >= 4 is 5.69 Å². The summed E-state index contributed by atoms with van der Waals surface area (Å²) in [5.41, 5.74) is 1.76. The number of hydrogen-bond acceptors (Lipinski definition) is 5. The first-order chi connectivity index (χ1) is 10.7. The lowest BCUT2D eigenvalue weighted by atomic mass is 10.2. The SMILES string of the molecule is O=[N+]([O-])c1ccc(COc2cn(-c3ccccc3)nn2)cc1. The van der Waals surface area contributed by atoms with E-state index in [4.69, 9.17) is 4.74 Å². The third kappa shape index (κ3) is 3.09. The standard InChI is InChI=1S/C15H12N4O3/c20-19(21)14-8-6-12(7-9-14)11-22-15-10-18(17-16-15)13-4-2-1-3-5-13/h1-10H,11H2. The van der Waals surface area contributed by atoms with Gasteiger partial charge in [0.25, 0.3) is 11.6 Å². The topological polar surface area (TPSA) is 83.1 Å². The minimum Gasteiger partial charge on any atom is -0.471 e. The summed E-state index contributed by atoms with van der Waals surface area (Å²) >= 11 is 0. The van der Waals surface area contributed by atoms with Crippen LogP contribution in [0.4, 0.5) is 5.69 Å². The van der Waals surface area contributed by atoms with Gasteiger partial charge in [0, 0.05) is 12.1 Å². The number of nitro groups is 1. The Labute approximate surface area is 125 Å². The fraction of sp³-hybridized carbons (Fsp3) is 0.0667. The van der Waals surface area contributed by atoms with Gasteiger partial charge in [0.2, 0.25) is 0 Å². The third-order valence-corrected chi connectivity index (χ3v) is 3.03. The molecule has 3 rings (SSSR count). The molecule has 1 aromatic heterocycles. The van der Waals surface area contributed by atoms with Crippen molar-refractivity contribution in [2.45, 2.75) is 6.61 Å². The summed E-state index contributed by atoms with van der Waals surface area (Å²) in [6, 6.07) is 15.8. The molecule has 3 aromatic rings. The molecular formula is C15H12N4O3. The fourth-order valence-electron chi connectivity index (χ4n) is 1.89. The highest BCUT2D eigenvalue weighted by molar-refractivity contribution is 5.33. The Bertz CT molecular complexity index is 769. The van der Waals surface area contributed by atoms with Crippen LogP contribution in [-0.2, 0) is 6.61 Å². The molecule has 0 bridgehead atoms. The van der Waals surface area contributed by atoms with Crippen LogP contribution in [-0.4, -0.2) is 19.9 Å². The van der Waals surface area contributed by atoms with E-state index < -0.39 is 4.92 Å². The minimum absolute atomic E-state index is 0.0544. The molecule has 0 saturated carbocycles. The van der Waals surface area contributed by atoms with Gasteiger partial charge in [-0.3, -0.25) is 10.1 Å². The average Bonchev–Trinajstić information content (AvgIpc) is 3.03. The van der Waals surface area contributed by atoms with Crippen LogP contribution in [0.5, 0.6) is 5.88 Å². The zero-order valence-corrected chi connectivity index (χ0v) is 11.5. The van der Waals surface area contributed by atoms with E-state index in [1.54, 1.807) is 23.0 Å². The largest absolute Gasteiger partial charge is 0.471 e. The first-order valence-electron chi connectivity index (χ1n) is 6.56. The molecular weight excluding hydrogens is 284 g/mol. The molecule has 7 heteroatoms. The lowest BCUT2D eigenvalue weighted by Crippen LogP contribution is -1.96. The highest BCUT2D eigenvalue weighted by Gasteiger charge is 2.06. The van der Waals surface area contributed by atoms with E-state index in [0.29, 0.717) is 5.88 Å². The number of aromatic nitrogens is 3. The molecule has 0 saturated heterocycles. The molecule has 0 unspecified atom stereocenters. The van der Waals surface area contributed by atoms with Gasteiger partial charge in [-0.15, -0.1) is 0 Å². The van der Waals surface area contributed by atoms with Gasteiger partial charge in [-0.2, -0.15) is 0 Å². The number of para-hydroxylation sites is 1. The van der Waals surface area contributed by atoms with Gasteiger partial charge in [-0.05, 0) is 29.8 Å². The van der Waals surface area contributed by atoms with Gasteiger partial charge < -0.3 is 4.74 Å². The van der Waals surface area contributed by atoms with E-state index >= 15 is 0 Å². The molecule has 7 nitrogen and oxygen atoms in total. The van der Waals surface area contributed by atoms with Crippen LogP contribution >= 0.6 is 0 Å². The third-order valence-electron chi connectivity index (χ3n) is 3.03. The minimum atomic E-state index is -0.434. The van der Waals surface area contributed by atoms with Crippen molar-refractivity contribution in [2.24, 2.45) is 0 Å². The summed E-state index contributed by atoms with van der Waals surface area (Å²) in [5.74, 6) is 0.391. The Hall–Kier alpha value is -3.22. The smallest absolute Gasteiger partial charge is 0.269 e. The van der Waals surface area contributed by atoms with Crippen molar-refractivity contribution in [3.63, 3.8) is 0 Å². The molecule has 0 amide bonds. The highest BCUT2D eigenvalue weighted by Crippen LogP contribution is 2.15. The van der Waals surface area contributed by atoms with Crippen LogP contribution in [0.25, 0.3) is 5.69 Å². The number of hydrogen-bond donors (Lipinski definition) is 0. The molecule has 0 radical (unpaired) electrons. The van der Waals surface area contributed by atoms with E-state index in [1.807, 2.05) is 30.3 Å². The monoisotopic (exact) mass is 296 g/mol. The van der Waals surface area contributed by atoms with Crippen molar-refractivity contribution in [2.75, 3.05) is 0 Å². The van der Waals surface area contributed by atoms with Gasteiger partial charge in [0.1, 0.15) is 6.61 Å². The molecule has 22 heavy (non-hydrogen) atoms. The molecule has 0 aliphatic heterocycles. The summed E-state index contributed by atoms with van der Waals surface area (Å²) in [6.07, 6.45) is 1.68. The average molecular weight is 296 g/mol. The highest BCUT2D eigenvalue weighted by atomic mass is 16.6. The van der Waals surface area contributed by atoms with E-state index in [9.17, 15) is 10.1 Å². The molecule has 0 atom stereocenters. The molecule has 0 fully saturated rings. The van der Waals surface area contributed by atoms with Crippen molar-refractivity contribution in [1.29, 1.82) is 0 Å². The first kappa shape index (κ1) is 13.7. The quantitative estimate of drug-likeness (QED) is 0.534.